The summed E-state index contributed by atoms with van der Waals surface area (Å²) in [5, 5.41) is 5.87. The summed E-state index contributed by atoms with van der Waals surface area (Å²) in [6.45, 7) is 2.67. The molecular weight excluding hydrogens is 328 g/mol. The van der Waals surface area contributed by atoms with E-state index in [1.54, 1.807) is 7.11 Å². The summed E-state index contributed by atoms with van der Waals surface area (Å²) in [4.78, 5) is 12.0. The topological polar surface area (TPSA) is 59.6 Å². The fourth-order valence-electron chi connectivity index (χ4n) is 2.12. The van der Waals surface area contributed by atoms with Gasteiger partial charge in [0.2, 0.25) is 0 Å². The number of methoxy groups -OCH3 is 1. The number of ether oxygens (including phenoxy) is 2. The largest absolute Gasteiger partial charge is 0.493 e. The van der Waals surface area contributed by atoms with Crippen molar-refractivity contribution in [2.75, 3.05) is 26.1 Å². The highest BCUT2D eigenvalue weighted by molar-refractivity contribution is 5.91. The number of hydrogen-bond donors (Lipinski definition) is 2. The quantitative estimate of drug-likeness (QED) is 0.805. The van der Waals surface area contributed by atoms with E-state index in [9.17, 15) is 4.79 Å². The Morgan fingerprint density at radius 3 is 2.42 bits per heavy atom. The van der Waals surface area contributed by atoms with Crippen LogP contribution < -0.4 is 20.1 Å². The van der Waals surface area contributed by atoms with Crippen LogP contribution >= 0.6 is 12.4 Å². The average Bonchev–Trinajstić information content (AvgIpc) is 2.56. The van der Waals surface area contributed by atoms with Crippen molar-refractivity contribution < 1.29 is 14.3 Å². The van der Waals surface area contributed by atoms with Crippen LogP contribution in [-0.2, 0) is 11.3 Å². The molecule has 0 aliphatic rings. The maximum absolute atomic E-state index is 12.0. The number of hydrogen-bond acceptors (Lipinski definition) is 4. The second-order valence-electron chi connectivity index (χ2n) is 5.22. The van der Waals surface area contributed by atoms with Crippen molar-refractivity contribution >= 4 is 24.0 Å². The molecule has 24 heavy (non-hydrogen) atoms. The SMILES string of the molecule is CNCc1ccc(OCC(=O)Nc2ccc(C)cc2)c(OC)c1.Cl. The molecule has 0 bridgehead atoms. The molecule has 2 rings (SSSR count). The van der Waals surface area contributed by atoms with Crippen LogP contribution in [0.15, 0.2) is 42.5 Å². The number of carbonyl (C=O) groups is 1. The van der Waals surface area contributed by atoms with Crippen molar-refractivity contribution in [2.24, 2.45) is 0 Å². The highest BCUT2D eigenvalue weighted by Crippen LogP contribution is 2.28. The lowest BCUT2D eigenvalue weighted by atomic mass is 10.2. The monoisotopic (exact) mass is 350 g/mol. The molecule has 2 aromatic carbocycles. The summed E-state index contributed by atoms with van der Waals surface area (Å²) in [7, 11) is 3.46. The molecular formula is C18H23ClN2O3. The normalized spacial score (nSPS) is 9.79. The second kappa shape index (κ2) is 9.80. The number of amides is 1. The zero-order valence-corrected chi connectivity index (χ0v) is 14.9. The lowest BCUT2D eigenvalue weighted by Gasteiger charge is -2.12. The number of carbonyl (C=O) groups excluding carboxylic acids is 1. The van der Waals surface area contributed by atoms with Gasteiger partial charge < -0.3 is 20.1 Å². The molecule has 0 fully saturated rings. The van der Waals surface area contributed by atoms with Gasteiger partial charge in [0.15, 0.2) is 18.1 Å². The van der Waals surface area contributed by atoms with Gasteiger partial charge in [-0.3, -0.25) is 4.79 Å². The number of rotatable bonds is 7. The minimum atomic E-state index is -0.213. The molecule has 1 amide bonds. The second-order valence-corrected chi connectivity index (χ2v) is 5.22. The fourth-order valence-corrected chi connectivity index (χ4v) is 2.12. The van der Waals surface area contributed by atoms with Crippen LogP contribution in [0.3, 0.4) is 0 Å². The molecule has 5 nitrogen and oxygen atoms in total. The first-order chi connectivity index (χ1) is 11.1. The Bertz CT molecular complexity index is 660. The van der Waals surface area contributed by atoms with E-state index in [4.69, 9.17) is 9.47 Å². The third kappa shape index (κ3) is 5.76. The summed E-state index contributed by atoms with van der Waals surface area (Å²) in [5.41, 5.74) is 2.98. The molecule has 0 spiro atoms. The van der Waals surface area contributed by atoms with Gasteiger partial charge in [-0.15, -0.1) is 12.4 Å². The first-order valence-electron chi connectivity index (χ1n) is 7.43. The maximum Gasteiger partial charge on any atom is 0.262 e. The van der Waals surface area contributed by atoms with Crippen LogP contribution in [0, 0.1) is 6.92 Å². The Hall–Kier alpha value is -2.24. The summed E-state index contributed by atoms with van der Waals surface area (Å²) in [6.07, 6.45) is 0. The van der Waals surface area contributed by atoms with E-state index >= 15 is 0 Å². The molecule has 130 valence electrons. The molecule has 0 heterocycles. The van der Waals surface area contributed by atoms with E-state index < -0.39 is 0 Å². The standard InChI is InChI=1S/C18H22N2O3.ClH/c1-13-4-7-15(8-5-13)20-18(21)12-23-16-9-6-14(11-19-2)10-17(16)22-3;/h4-10,19H,11-12H2,1-3H3,(H,20,21);1H. The van der Waals surface area contributed by atoms with E-state index in [0.717, 1.165) is 23.4 Å². The van der Waals surface area contributed by atoms with E-state index in [0.29, 0.717) is 11.5 Å². The number of nitrogens with one attached hydrogen (secondary N) is 2. The lowest BCUT2D eigenvalue weighted by molar-refractivity contribution is -0.118. The van der Waals surface area contributed by atoms with E-state index in [2.05, 4.69) is 10.6 Å². The molecule has 0 saturated heterocycles. The maximum atomic E-state index is 12.0. The highest BCUT2D eigenvalue weighted by atomic mass is 35.5. The van der Waals surface area contributed by atoms with Gasteiger partial charge in [0.25, 0.3) is 5.91 Å². The van der Waals surface area contributed by atoms with Crippen molar-refractivity contribution in [3.8, 4) is 11.5 Å². The molecule has 0 aromatic heterocycles. The number of anilines is 1. The third-order valence-corrected chi connectivity index (χ3v) is 3.30. The molecule has 2 N–H and O–H groups in total. The van der Waals surface area contributed by atoms with Crippen LogP contribution in [0.5, 0.6) is 11.5 Å². The van der Waals surface area contributed by atoms with Gasteiger partial charge in [-0.2, -0.15) is 0 Å². The minimum Gasteiger partial charge on any atom is -0.493 e. The Morgan fingerprint density at radius 2 is 1.79 bits per heavy atom. The van der Waals surface area contributed by atoms with Crippen molar-refractivity contribution in [1.82, 2.24) is 5.32 Å². The molecule has 0 unspecified atom stereocenters. The van der Waals surface area contributed by atoms with Gasteiger partial charge >= 0.3 is 0 Å². The number of aryl methyl sites for hydroxylation is 1. The molecule has 2 aromatic rings. The number of benzene rings is 2. The molecule has 0 radical (unpaired) electrons. The summed E-state index contributed by atoms with van der Waals surface area (Å²) < 4.78 is 10.9. The predicted molar refractivity (Wildman–Crippen MR) is 98.3 cm³/mol. The van der Waals surface area contributed by atoms with E-state index in [1.165, 1.54) is 0 Å². The Labute approximate surface area is 148 Å². The van der Waals surface area contributed by atoms with Crippen molar-refractivity contribution in [3.63, 3.8) is 0 Å². The Balaban J connectivity index is 0.00000288. The van der Waals surface area contributed by atoms with Crippen molar-refractivity contribution in [2.45, 2.75) is 13.5 Å². The Kier molecular flexibility index (Phi) is 8.09. The summed E-state index contributed by atoms with van der Waals surface area (Å²) in [5.74, 6) is 0.947. The zero-order chi connectivity index (χ0) is 16.7. The van der Waals surface area contributed by atoms with E-state index in [-0.39, 0.29) is 24.9 Å². The molecule has 0 saturated carbocycles. The zero-order valence-electron chi connectivity index (χ0n) is 14.1. The third-order valence-electron chi connectivity index (χ3n) is 3.30. The van der Waals surface area contributed by atoms with Crippen molar-refractivity contribution in [1.29, 1.82) is 0 Å². The number of halogens is 1. The van der Waals surface area contributed by atoms with Gasteiger partial charge in [-0.05, 0) is 43.8 Å². The van der Waals surface area contributed by atoms with Crippen LogP contribution in [-0.4, -0.2) is 26.7 Å². The van der Waals surface area contributed by atoms with Gasteiger partial charge in [0, 0.05) is 12.2 Å². The fraction of sp³-hybridized carbons (Fsp3) is 0.278. The first kappa shape index (κ1) is 19.8. The van der Waals surface area contributed by atoms with Crippen LogP contribution in [0.2, 0.25) is 0 Å². The lowest BCUT2D eigenvalue weighted by Crippen LogP contribution is -2.20. The molecule has 0 aliphatic carbocycles. The summed E-state index contributed by atoms with van der Waals surface area (Å²) in [6, 6.07) is 13.3. The first-order valence-corrected chi connectivity index (χ1v) is 7.43. The minimum absolute atomic E-state index is 0. The van der Waals surface area contributed by atoms with Crippen LogP contribution in [0.1, 0.15) is 11.1 Å². The van der Waals surface area contributed by atoms with Gasteiger partial charge in [-0.25, -0.2) is 0 Å². The van der Waals surface area contributed by atoms with E-state index in [1.807, 2.05) is 56.4 Å². The highest BCUT2D eigenvalue weighted by Gasteiger charge is 2.09. The predicted octanol–water partition coefficient (Wildman–Crippen LogP) is 3.16. The average molecular weight is 351 g/mol. The van der Waals surface area contributed by atoms with Gasteiger partial charge in [0.05, 0.1) is 7.11 Å². The molecule has 0 atom stereocenters. The van der Waals surface area contributed by atoms with Crippen LogP contribution in [0.25, 0.3) is 0 Å². The van der Waals surface area contributed by atoms with Gasteiger partial charge in [0.1, 0.15) is 0 Å². The Morgan fingerprint density at radius 1 is 1.08 bits per heavy atom. The van der Waals surface area contributed by atoms with Gasteiger partial charge in [-0.1, -0.05) is 23.8 Å². The molecule has 0 aliphatic heterocycles. The smallest absolute Gasteiger partial charge is 0.262 e. The summed E-state index contributed by atoms with van der Waals surface area (Å²) >= 11 is 0. The molecule has 6 heteroatoms. The van der Waals surface area contributed by atoms with Crippen LogP contribution in [0.4, 0.5) is 5.69 Å². The van der Waals surface area contributed by atoms with Crippen molar-refractivity contribution in [3.05, 3.63) is 53.6 Å².